The number of rotatable bonds is 12. The third-order valence-electron chi connectivity index (χ3n) is 6.06. The van der Waals surface area contributed by atoms with E-state index in [1.807, 2.05) is 44.2 Å². The van der Waals surface area contributed by atoms with Crippen LogP contribution in [-0.4, -0.2) is 50.8 Å². The average molecular weight is 601 g/mol. The SMILES string of the molecule is CC(C)CNC(=O)C(C)N(CCc1ccccc1)C(=O)CN(c1ccc(Br)cc1)S(=O)(=O)c1ccccc1. The number of carbonyl (C=O) groups is 2. The van der Waals surface area contributed by atoms with Crippen LogP contribution in [0.2, 0.25) is 0 Å². The lowest BCUT2D eigenvalue weighted by molar-refractivity contribution is -0.138. The molecule has 1 unspecified atom stereocenters. The van der Waals surface area contributed by atoms with Crippen LogP contribution < -0.4 is 9.62 Å². The molecule has 0 heterocycles. The summed E-state index contributed by atoms with van der Waals surface area (Å²) in [6.07, 6.45) is 0.526. The summed E-state index contributed by atoms with van der Waals surface area (Å²) in [6, 6.07) is 23.6. The second kappa shape index (κ2) is 13.6. The van der Waals surface area contributed by atoms with E-state index in [0.29, 0.717) is 18.7 Å². The zero-order valence-corrected chi connectivity index (χ0v) is 24.3. The van der Waals surface area contributed by atoms with Crippen molar-refractivity contribution in [1.82, 2.24) is 10.2 Å². The predicted octanol–water partition coefficient (Wildman–Crippen LogP) is 4.88. The van der Waals surface area contributed by atoms with Crippen molar-refractivity contribution >= 4 is 43.5 Å². The number of sulfonamides is 1. The van der Waals surface area contributed by atoms with Crippen LogP contribution in [0.25, 0.3) is 0 Å². The van der Waals surface area contributed by atoms with Gasteiger partial charge in [0.05, 0.1) is 10.6 Å². The van der Waals surface area contributed by atoms with Gasteiger partial charge in [0.1, 0.15) is 12.6 Å². The van der Waals surface area contributed by atoms with Crippen LogP contribution in [-0.2, 0) is 26.0 Å². The second-order valence-electron chi connectivity index (χ2n) is 9.44. The van der Waals surface area contributed by atoms with E-state index in [1.54, 1.807) is 49.4 Å². The van der Waals surface area contributed by atoms with Crippen molar-refractivity contribution in [3.05, 3.63) is 95.0 Å². The summed E-state index contributed by atoms with van der Waals surface area (Å²) in [5, 5.41) is 2.89. The number of hydrogen-bond donors (Lipinski definition) is 1. The van der Waals surface area contributed by atoms with Gasteiger partial charge in [-0.2, -0.15) is 0 Å². The van der Waals surface area contributed by atoms with Crippen LogP contribution in [0, 0.1) is 5.92 Å². The van der Waals surface area contributed by atoms with Gasteiger partial charge in [-0.1, -0.05) is 78.3 Å². The Labute approximate surface area is 234 Å². The summed E-state index contributed by atoms with van der Waals surface area (Å²) in [4.78, 5) is 28.3. The summed E-state index contributed by atoms with van der Waals surface area (Å²) in [5.74, 6) is -0.486. The molecule has 1 atom stereocenters. The fourth-order valence-corrected chi connectivity index (χ4v) is 5.58. The molecular weight excluding hydrogens is 566 g/mol. The van der Waals surface area contributed by atoms with E-state index in [2.05, 4.69) is 21.2 Å². The molecule has 7 nitrogen and oxygen atoms in total. The van der Waals surface area contributed by atoms with E-state index in [9.17, 15) is 18.0 Å². The number of carbonyl (C=O) groups excluding carboxylic acids is 2. The van der Waals surface area contributed by atoms with Gasteiger partial charge < -0.3 is 10.2 Å². The maximum absolute atomic E-state index is 13.8. The Bertz CT molecular complexity index is 1300. The van der Waals surface area contributed by atoms with Crippen molar-refractivity contribution in [3.8, 4) is 0 Å². The highest BCUT2D eigenvalue weighted by Crippen LogP contribution is 2.26. The molecule has 2 amide bonds. The van der Waals surface area contributed by atoms with Crippen molar-refractivity contribution in [3.63, 3.8) is 0 Å². The van der Waals surface area contributed by atoms with Gasteiger partial charge in [0.15, 0.2) is 0 Å². The third kappa shape index (κ3) is 7.91. The molecule has 0 spiro atoms. The Hall–Kier alpha value is -3.17. The lowest BCUT2D eigenvalue weighted by Crippen LogP contribution is -2.52. The molecule has 38 heavy (non-hydrogen) atoms. The van der Waals surface area contributed by atoms with Gasteiger partial charge in [-0.15, -0.1) is 0 Å². The van der Waals surface area contributed by atoms with Crippen LogP contribution in [0.1, 0.15) is 26.3 Å². The number of amides is 2. The van der Waals surface area contributed by atoms with E-state index in [-0.39, 0.29) is 23.3 Å². The van der Waals surface area contributed by atoms with E-state index in [0.717, 1.165) is 14.3 Å². The molecule has 9 heteroatoms. The molecule has 3 aromatic carbocycles. The Morgan fingerprint density at radius 1 is 0.868 bits per heavy atom. The molecule has 1 N–H and O–H groups in total. The van der Waals surface area contributed by atoms with Crippen LogP contribution in [0.4, 0.5) is 5.69 Å². The first kappa shape index (κ1) is 29.4. The fraction of sp³-hybridized carbons (Fsp3) is 0.310. The molecule has 0 aliphatic rings. The molecule has 0 saturated carbocycles. The average Bonchev–Trinajstić information content (AvgIpc) is 2.92. The molecule has 3 rings (SSSR count). The molecule has 0 bridgehead atoms. The zero-order valence-electron chi connectivity index (χ0n) is 21.9. The minimum Gasteiger partial charge on any atom is -0.354 e. The first-order valence-corrected chi connectivity index (χ1v) is 14.8. The van der Waals surface area contributed by atoms with Crippen molar-refractivity contribution < 1.29 is 18.0 Å². The summed E-state index contributed by atoms with van der Waals surface area (Å²) >= 11 is 3.38. The Kier molecular flexibility index (Phi) is 10.5. The van der Waals surface area contributed by atoms with Gasteiger partial charge in [0, 0.05) is 17.6 Å². The van der Waals surface area contributed by atoms with Gasteiger partial charge in [0.2, 0.25) is 11.8 Å². The largest absolute Gasteiger partial charge is 0.354 e. The van der Waals surface area contributed by atoms with Crippen LogP contribution in [0.5, 0.6) is 0 Å². The van der Waals surface area contributed by atoms with Gasteiger partial charge in [0.25, 0.3) is 10.0 Å². The van der Waals surface area contributed by atoms with Crippen LogP contribution >= 0.6 is 15.9 Å². The maximum Gasteiger partial charge on any atom is 0.264 e. The molecule has 0 fully saturated rings. The molecule has 3 aromatic rings. The van der Waals surface area contributed by atoms with Gasteiger partial charge in [-0.3, -0.25) is 13.9 Å². The van der Waals surface area contributed by atoms with Crippen molar-refractivity contribution in [1.29, 1.82) is 0 Å². The molecule has 0 aromatic heterocycles. The standard InChI is InChI=1S/C29H34BrN3O4S/c1-22(2)20-31-29(35)23(3)32(19-18-24-10-6-4-7-11-24)28(34)21-33(26-16-14-25(30)15-17-26)38(36,37)27-12-8-5-9-13-27/h4-17,22-23H,18-21H2,1-3H3,(H,31,35). The highest BCUT2D eigenvalue weighted by Gasteiger charge is 2.32. The van der Waals surface area contributed by atoms with Crippen LogP contribution in [0.3, 0.4) is 0 Å². The number of nitrogens with one attached hydrogen (secondary N) is 1. The molecule has 0 aliphatic carbocycles. The number of nitrogens with zero attached hydrogens (tertiary/aromatic N) is 2. The van der Waals surface area contributed by atoms with Gasteiger partial charge >= 0.3 is 0 Å². The summed E-state index contributed by atoms with van der Waals surface area (Å²) in [6.45, 7) is 5.96. The Morgan fingerprint density at radius 2 is 1.45 bits per heavy atom. The van der Waals surface area contributed by atoms with E-state index in [4.69, 9.17) is 0 Å². The van der Waals surface area contributed by atoms with Gasteiger partial charge in [-0.05, 0) is 61.2 Å². The van der Waals surface area contributed by atoms with Crippen molar-refractivity contribution in [2.24, 2.45) is 5.92 Å². The monoisotopic (exact) mass is 599 g/mol. The summed E-state index contributed by atoms with van der Waals surface area (Å²) in [5.41, 5.74) is 1.37. The van der Waals surface area contributed by atoms with E-state index >= 15 is 0 Å². The molecule has 202 valence electrons. The molecule has 0 radical (unpaired) electrons. The lowest BCUT2D eigenvalue weighted by atomic mass is 10.1. The smallest absolute Gasteiger partial charge is 0.264 e. The quantitative estimate of drug-likeness (QED) is 0.321. The van der Waals surface area contributed by atoms with E-state index < -0.39 is 28.5 Å². The Morgan fingerprint density at radius 3 is 2.03 bits per heavy atom. The van der Waals surface area contributed by atoms with Crippen molar-refractivity contribution in [2.75, 3.05) is 23.9 Å². The number of halogens is 1. The summed E-state index contributed by atoms with van der Waals surface area (Å²) < 4.78 is 29.3. The molecule has 0 aliphatic heterocycles. The minimum atomic E-state index is -4.06. The van der Waals surface area contributed by atoms with Crippen molar-refractivity contribution in [2.45, 2.75) is 38.1 Å². The highest BCUT2D eigenvalue weighted by molar-refractivity contribution is 9.10. The molecular formula is C29H34BrN3O4S. The summed E-state index contributed by atoms with van der Waals surface area (Å²) in [7, 11) is -4.06. The number of anilines is 1. The maximum atomic E-state index is 13.8. The minimum absolute atomic E-state index is 0.0780. The lowest BCUT2D eigenvalue weighted by Gasteiger charge is -2.32. The van der Waals surface area contributed by atoms with Gasteiger partial charge in [-0.25, -0.2) is 8.42 Å². The topological polar surface area (TPSA) is 86.8 Å². The first-order valence-electron chi connectivity index (χ1n) is 12.5. The van der Waals surface area contributed by atoms with E-state index in [1.165, 1.54) is 17.0 Å². The second-order valence-corrected chi connectivity index (χ2v) is 12.2. The van der Waals surface area contributed by atoms with Crippen LogP contribution in [0.15, 0.2) is 94.3 Å². The third-order valence-corrected chi connectivity index (χ3v) is 8.38. The Balaban J connectivity index is 1.94. The highest BCUT2D eigenvalue weighted by atomic mass is 79.9. The fourth-order valence-electron chi connectivity index (χ4n) is 3.88. The number of hydrogen-bond acceptors (Lipinski definition) is 4. The number of benzene rings is 3. The predicted molar refractivity (Wildman–Crippen MR) is 154 cm³/mol. The molecule has 0 saturated heterocycles. The normalized spacial score (nSPS) is 12.1. The first-order chi connectivity index (χ1) is 18.1. The zero-order chi connectivity index (χ0) is 27.7.